The first-order valence-electron chi connectivity index (χ1n) is 6.49. The van der Waals surface area contributed by atoms with E-state index in [4.69, 9.17) is 0 Å². The van der Waals surface area contributed by atoms with Gasteiger partial charge in [0.05, 0.1) is 17.8 Å². The van der Waals surface area contributed by atoms with Crippen LogP contribution in [0.25, 0.3) is 10.9 Å². The molecule has 1 unspecified atom stereocenters. The lowest BCUT2D eigenvalue weighted by molar-refractivity contribution is -0.128. The molecule has 21 heavy (non-hydrogen) atoms. The number of amides is 1. The zero-order chi connectivity index (χ0) is 15.0. The van der Waals surface area contributed by atoms with Gasteiger partial charge in [0.25, 0.3) is 0 Å². The number of para-hydroxylation sites is 1. The molecule has 7 heteroatoms. The van der Waals surface area contributed by atoms with E-state index >= 15 is 0 Å². The fourth-order valence-electron chi connectivity index (χ4n) is 2.47. The maximum absolute atomic E-state index is 13.0. The summed E-state index contributed by atoms with van der Waals surface area (Å²) in [5, 5.41) is -0.274. The second kappa shape index (κ2) is 5.07. The normalized spacial score (nSPS) is 19.4. The lowest BCUT2D eigenvalue weighted by Crippen LogP contribution is -2.27. The Labute approximate surface area is 121 Å². The molecule has 1 aromatic heterocycles. The number of carbonyl (C=O) groups excluding carboxylic acids is 1. The number of nitrogens with zero attached hydrogens (tertiary/aromatic N) is 2. The van der Waals surface area contributed by atoms with Gasteiger partial charge < -0.3 is 4.90 Å². The topological polar surface area (TPSA) is 67.3 Å². The molecule has 110 valence electrons. The molecule has 1 fully saturated rings. The minimum absolute atomic E-state index is 0.119. The number of carbonyl (C=O) groups is 1. The Hall–Kier alpha value is -2.02. The summed E-state index contributed by atoms with van der Waals surface area (Å²) in [6, 6.07) is 11.2. The minimum Gasteiger partial charge on any atom is -0.335 e. The predicted octanol–water partition coefficient (Wildman–Crippen LogP) is 1.64. The SMILES string of the molecule is O=C1CC(S(=O)(=O)F)CN1Cc1ccc2ccccc2n1. The molecule has 2 aromatic rings. The number of hydrogen-bond acceptors (Lipinski definition) is 4. The van der Waals surface area contributed by atoms with Crippen molar-refractivity contribution in [2.75, 3.05) is 6.54 Å². The van der Waals surface area contributed by atoms with Crippen molar-refractivity contribution < 1.29 is 17.1 Å². The summed E-state index contributed by atoms with van der Waals surface area (Å²) in [4.78, 5) is 17.5. The molecule has 0 N–H and O–H groups in total. The average molecular weight is 308 g/mol. The molecule has 0 aliphatic carbocycles. The summed E-state index contributed by atoms with van der Waals surface area (Å²) >= 11 is 0. The van der Waals surface area contributed by atoms with Gasteiger partial charge in [-0.1, -0.05) is 24.3 Å². The zero-order valence-corrected chi connectivity index (χ0v) is 11.9. The molecule has 1 aromatic carbocycles. The summed E-state index contributed by atoms with van der Waals surface area (Å²) < 4.78 is 34.7. The van der Waals surface area contributed by atoms with Crippen LogP contribution >= 0.6 is 0 Å². The monoisotopic (exact) mass is 308 g/mol. The molecule has 1 saturated heterocycles. The number of fused-ring (bicyclic) bond motifs is 1. The number of hydrogen-bond donors (Lipinski definition) is 0. The second-order valence-electron chi connectivity index (χ2n) is 5.07. The fourth-order valence-corrected chi connectivity index (χ4v) is 3.17. The summed E-state index contributed by atoms with van der Waals surface area (Å²) in [5.74, 6) is -0.365. The second-order valence-corrected chi connectivity index (χ2v) is 6.69. The summed E-state index contributed by atoms with van der Waals surface area (Å²) in [5.41, 5.74) is 1.45. The molecule has 1 amide bonds. The van der Waals surface area contributed by atoms with E-state index in [1.807, 2.05) is 30.3 Å². The lowest BCUT2D eigenvalue weighted by atomic mass is 10.2. The molecule has 1 aliphatic rings. The van der Waals surface area contributed by atoms with Crippen LogP contribution in [0.15, 0.2) is 36.4 Å². The highest BCUT2D eigenvalue weighted by molar-refractivity contribution is 7.87. The van der Waals surface area contributed by atoms with E-state index < -0.39 is 15.5 Å². The summed E-state index contributed by atoms with van der Waals surface area (Å²) in [6.45, 7) is 0.0713. The number of likely N-dealkylation sites (tertiary alicyclic amines) is 1. The van der Waals surface area contributed by atoms with Crippen molar-refractivity contribution in [2.24, 2.45) is 0 Å². The molecule has 5 nitrogen and oxygen atoms in total. The molecular weight excluding hydrogens is 295 g/mol. The van der Waals surface area contributed by atoms with Gasteiger partial charge >= 0.3 is 10.2 Å². The van der Waals surface area contributed by atoms with Gasteiger partial charge in [0.15, 0.2) is 0 Å². The highest BCUT2D eigenvalue weighted by atomic mass is 32.3. The maximum atomic E-state index is 13.0. The Balaban J connectivity index is 1.81. The van der Waals surface area contributed by atoms with Crippen molar-refractivity contribution in [1.82, 2.24) is 9.88 Å². The molecule has 0 bridgehead atoms. The first kappa shape index (κ1) is 13.9. The van der Waals surface area contributed by atoms with E-state index in [0.717, 1.165) is 10.9 Å². The van der Waals surface area contributed by atoms with Crippen LogP contribution in [0.2, 0.25) is 0 Å². The van der Waals surface area contributed by atoms with Crippen LogP contribution < -0.4 is 0 Å². The highest BCUT2D eigenvalue weighted by Gasteiger charge is 2.38. The van der Waals surface area contributed by atoms with Gasteiger partial charge in [-0.3, -0.25) is 9.78 Å². The summed E-state index contributed by atoms with van der Waals surface area (Å²) in [7, 11) is -4.68. The standard InChI is InChI=1S/C14H13FN2O3S/c15-21(19,20)12-7-14(18)17(9-12)8-11-6-5-10-3-1-2-4-13(10)16-11/h1-6,12H,7-9H2. The van der Waals surface area contributed by atoms with E-state index in [1.54, 1.807) is 6.07 Å². The third-order valence-electron chi connectivity index (χ3n) is 3.59. The van der Waals surface area contributed by atoms with Crippen molar-refractivity contribution in [3.63, 3.8) is 0 Å². The van der Waals surface area contributed by atoms with E-state index in [0.29, 0.717) is 5.69 Å². The first-order valence-corrected chi connectivity index (χ1v) is 7.94. The van der Waals surface area contributed by atoms with Crippen LogP contribution in [0.3, 0.4) is 0 Å². The van der Waals surface area contributed by atoms with Gasteiger partial charge in [-0.2, -0.15) is 8.42 Å². The first-order chi connectivity index (χ1) is 9.93. The third-order valence-corrected chi connectivity index (χ3v) is 4.70. The van der Waals surface area contributed by atoms with Gasteiger partial charge in [-0.25, -0.2) is 0 Å². The molecule has 0 radical (unpaired) electrons. The van der Waals surface area contributed by atoms with Gasteiger partial charge in [-0.15, -0.1) is 3.89 Å². The zero-order valence-electron chi connectivity index (χ0n) is 11.1. The third kappa shape index (κ3) is 2.87. The smallest absolute Gasteiger partial charge is 0.307 e. The van der Waals surface area contributed by atoms with Crippen molar-refractivity contribution in [1.29, 1.82) is 0 Å². The Bertz CT molecular complexity index is 807. The molecule has 0 spiro atoms. The number of halogens is 1. The largest absolute Gasteiger partial charge is 0.335 e. The average Bonchev–Trinajstić information content (AvgIpc) is 2.80. The molecule has 2 heterocycles. The van der Waals surface area contributed by atoms with E-state index in [2.05, 4.69) is 4.98 Å². The number of benzene rings is 1. The molecule has 1 atom stereocenters. The molecular formula is C14H13FN2O3S. The highest BCUT2D eigenvalue weighted by Crippen LogP contribution is 2.22. The van der Waals surface area contributed by atoms with Gasteiger partial charge in [0.1, 0.15) is 5.25 Å². The van der Waals surface area contributed by atoms with Crippen LogP contribution in [0.4, 0.5) is 3.89 Å². The van der Waals surface area contributed by atoms with E-state index in [9.17, 15) is 17.1 Å². The Morgan fingerprint density at radius 3 is 2.71 bits per heavy atom. The fraction of sp³-hybridized carbons (Fsp3) is 0.286. The summed E-state index contributed by atoms with van der Waals surface area (Å²) in [6.07, 6.45) is -0.299. The van der Waals surface area contributed by atoms with Crippen LogP contribution in [0, 0.1) is 0 Å². The van der Waals surface area contributed by atoms with Gasteiger partial charge in [-0.05, 0) is 12.1 Å². The van der Waals surface area contributed by atoms with E-state index in [1.165, 1.54) is 4.90 Å². The molecule has 3 rings (SSSR count). The Morgan fingerprint density at radius 2 is 2.00 bits per heavy atom. The van der Waals surface area contributed by atoms with Crippen molar-refractivity contribution >= 4 is 27.0 Å². The Kier molecular flexibility index (Phi) is 3.36. The lowest BCUT2D eigenvalue weighted by Gasteiger charge is -2.15. The van der Waals surface area contributed by atoms with Crippen LogP contribution in [0.1, 0.15) is 12.1 Å². The van der Waals surface area contributed by atoms with Gasteiger partial charge in [0, 0.05) is 18.4 Å². The molecule has 0 saturated carbocycles. The van der Waals surface area contributed by atoms with Crippen LogP contribution in [-0.4, -0.2) is 36.0 Å². The van der Waals surface area contributed by atoms with Crippen LogP contribution in [-0.2, 0) is 21.6 Å². The van der Waals surface area contributed by atoms with Crippen molar-refractivity contribution in [3.05, 3.63) is 42.1 Å². The molecule has 1 aliphatic heterocycles. The van der Waals surface area contributed by atoms with Crippen LogP contribution in [0.5, 0.6) is 0 Å². The van der Waals surface area contributed by atoms with Crippen molar-refractivity contribution in [2.45, 2.75) is 18.2 Å². The van der Waals surface area contributed by atoms with Gasteiger partial charge in [0.2, 0.25) is 5.91 Å². The number of aromatic nitrogens is 1. The van der Waals surface area contributed by atoms with E-state index in [-0.39, 0.29) is 25.4 Å². The predicted molar refractivity (Wildman–Crippen MR) is 75.6 cm³/mol. The van der Waals surface area contributed by atoms with Crippen molar-refractivity contribution in [3.8, 4) is 0 Å². The number of pyridine rings is 1. The number of rotatable bonds is 3. The minimum atomic E-state index is -4.68. The Morgan fingerprint density at radius 1 is 1.24 bits per heavy atom. The maximum Gasteiger partial charge on any atom is 0.307 e. The quantitative estimate of drug-likeness (QED) is 0.808.